The van der Waals surface area contributed by atoms with E-state index in [1.54, 1.807) is 18.2 Å². The molecule has 0 aliphatic heterocycles. The minimum Gasteiger partial charge on any atom is -0.508 e. The van der Waals surface area contributed by atoms with E-state index in [1.807, 2.05) is 0 Å². The zero-order valence-corrected chi connectivity index (χ0v) is 10.9. The molecule has 2 N–H and O–H groups in total. The lowest BCUT2D eigenvalue weighted by Crippen LogP contribution is -2.33. The molecule has 1 atom stereocenters. The van der Waals surface area contributed by atoms with Crippen molar-refractivity contribution in [2.24, 2.45) is 11.3 Å². The van der Waals surface area contributed by atoms with E-state index in [0.717, 1.165) is 0 Å². The Morgan fingerprint density at radius 1 is 1.41 bits per heavy atom. The number of rotatable bonds is 3. The zero-order valence-electron chi connectivity index (χ0n) is 10.9. The molecule has 0 saturated heterocycles. The molecule has 0 bridgehead atoms. The summed E-state index contributed by atoms with van der Waals surface area (Å²) in [6.45, 7) is 9.20. The van der Waals surface area contributed by atoms with E-state index >= 15 is 0 Å². The molecule has 3 nitrogen and oxygen atoms in total. The number of aromatic hydroxyl groups is 1. The molecular formula is C14H21NO2. The molecular weight excluding hydrogens is 214 g/mol. The Balaban J connectivity index is 2.57. The average molecular weight is 235 g/mol. The number of nitrogens with one attached hydrogen (secondary N) is 1. The van der Waals surface area contributed by atoms with Crippen LogP contribution in [0.15, 0.2) is 24.3 Å². The van der Waals surface area contributed by atoms with E-state index in [-0.39, 0.29) is 17.1 Å². The molecule has 17 heavy (non-hydrogen) atoms. The van der Waals surface area contributed by atoms with Gasteiger partial charge in [-0.05, 0) is 29.5 Å². The molecule has 0 saturated carbocycles. The minimum atomic E-state index is -0.142. The maximum absolute atomic E-state index is 11.8. The van der Waals surface area contributed by atoms with Gasteiger partial charge in [0.2, 0.25) is 0 Å². The van der Waals surface area contributed by atoms with E-state index in [9.17, 15) is 9.90 Å². The normalized spacial score (nSPS) is 13.2. The summed E-state index contributed by atoms with van der Waals surface area (Å²) in [5.74, 6) is 0.363. The Hall–Kier alpha value is -1.51. The molecule has 0 aromatic heterocycles. The second-order valence-electron chi connectivity index (χ2n) is 5.53. The fraction of sp³-hybridized carbons (Fsp3) is 0.500. The second-order valence-corrected chi connectivity index (χ2v) is 5.53. The first-order valence-electron chi connectivity index (χ1n) is 5.88. The van der Waals surface area contributed by atoms with Crippen molar-refractivity contribution in [3.05, 3.63) is 29.8 Å². The van der Waals surface area contributed by atoms with Gasteiger partial charge in [0, 0.05) is 12.1 Å². The summed E-state index contributed by atoms with van der Waals surface area (Å²) in [6.07, 6.45) is 0. The monoisotopic (exact) mass is 235 g/mol. The van der Waals surface area contributed by atoms with Crippen molar-refractivity contribution in [2.75, 3.05) is 6.54 Å². The highest BCUT2D eigenvalue weighted by molar-refractivity contribution is 5.94. The summed E-state index contributed by atoms with van der Waals surface area (Å²) in [4.78, 5) is 11.8. The molecule has 0 spiro atoms. The second kappa shape index (κ2) is 5.21. The number of benzene rings is 1. The van der Waals surface area contributed by atoms with Crippen molar-refractivity contribution in [2.45, 2.75) is 27.7 Å². The molecule has 1 unspecified atom stereocenters. The lowest BCUT2D eigenvalue weighted by atomic mass is 9.82. The van der Waals surface area contributed by atoms with Crippen molar-refractivity contribution >= 4 is 5.91 Å². The van der Waals surface area contributed by atoms with Crippen LogP contribution in [0.4, 0.5) is 0 Å². The van der Waals surface area contributed by atoms with Gasteiger partial charge in [0.05, 0.1) is 0 Å². The highest BCUT2D eigenvalue weighted by Gasteiger charge is 2.20. The number of carbonyl (C=O) groups excluding carboxylic acids is 1. The van der Waals surface area contributed by atoms with E-state index in [1.165, 1.54) is 6.07 Å². The Morgan fingerprint density at radius 2 is 2.06 bits per heavy atom. The Morgan fingerprint density at radius 3 is 2.59 bits per heavy atom. The molecule has 3 heteroatoms. The molecule has 0 aliphatic carbocycles. The third-order valence-corrected chi connectivity index (χ3v) is 3.16. The molecule has 1 aromatic rings. The Labute approximate surface area is 103 Å². The first kappa shape index (κ1) is 13.6. The first-order valence-corrected chi connectivity index (χ1v) is 5.88. The topological polar surface area (TPSA) is 49.3 Å². The lowest BCUT2D eigenvalue weighted by Gasteiger charge is -2.27. The van der Waals surface area contributed by atoms with Gasteiger partial charge in [0.15, 0.2) is 0 Å². The van der Waals surface area contributed by atoms with Crippen LogP contribution < -0.4 is 5.32 Å². The smallest absolute Gasteiger partial charge is 0.251 e. The number of carbonyl (C=O) groups is 1. The summed E-state index contributed by atoms with van der Waals surface area (Å²) in [6, 6.07) is 6.37. The summed E-state index contributed by atoms with van der Waals surface area (Å²) in [5, 5.41) is 12.2. The summed E-state index contributed by atoms with van der Waals surface area (Å²) >= 11 is 0. The number of hydrogen-bond acceptors (Lipinski definition) is 2. The molecule has 1 amide bonds. The number of phenolic OH excluding ortho intramolecular Hbond substituents is 1. The fourth-order valence-corrected chi connectivity index (χ4v) is 1.30. The van der Waals surface area contributed by atoms with Crippen molar-refractivity contribution in [1.82, 2.24) is 5.32 Å². The van der Waals surface area contributed by atoms with Crippen molar-refractivity contribution < 1.29 is 9.90 Å². The lowest BCUT2D eigenvalue weighted by molar-refractivity contribution is 0.0936. The van der Waals surface area contributed by atoms with Crippen molar-refractivity contribution in [3.63, 3.8) is 0 Å². The fourth-order valence-electron chi connectivity index (χ4n) is 1.30. The van der Waals surface area contributed by atoms with Crippen molar-refractivity contribution in [1.29, 1.82) is 0 Å². The molecule has 1 aromatic carbocycles. The number of phenols is 1. The van der Waals surface area contributed by atoms with Crippen LogP contribution in [0.3, 0.4) is 0 Å². The molecule has 0 fully saturated rings. The Kier molecular flexibility index (Phi) is 4.16. The van der Waals surface area contributed by atoms with Gasteiger partial charge >= 0.3 is 0 Å². The Bertz CT molecular complexity index is 393. The van der Waals surface area contributed by atoms with Gasteiger partial charge in [0.1, 0.15) is 5.75 Å². The molecule has 94 valence electrons. The van der Waals surface area contributed by atoms with Gasteiger partial charge in [-0.15, -0.1) is 0 Å². The maximum Gasteiger partial charge on any atom is 0.251 e. The van der Waals surface area contributed by atoms with Gasteiger partial charge < -0.3 is 10.4 Å². The SMILES string of the molecule is CC(CNC(=O)c1cccc(O)c1)C(C)(C)C. The van der Waals surface area contributed by atoms with E-state index < -0.39 is 0 Å². The van der Waals surface area contributed by atoms with Gasteiger partial charge in [-0.1, -0.05) is 33.8 Å². The van der Waals surface area contributed by atoms with Crippen LogP contribution in [0.2, 0.25) is 0 Å². The van der Waals surface area contributed by atoms with Crippen LogP contribution in [-0.4, -0.2) is 17.6 Å². The number of amides is 1. The van der Waals surface area contributed by atoms with Crippen LogP contribution in [0.5, 0.6) is 5.75 Å². The van der Waals surface area contributed by atoms with Crippen LogP contribution in [-0.2, 0) is 0 Å². The van der Waals surface area contributed by atoms with Crippen molar-refractivity contribution in [3.8, 4) is 5.75 Å². The summed E-state index contributed by atoms with van der Waals surface area (Å²) in [5.41, 5.74) is 0.664. The average Bonchev–Trinajstić information content (AvgIpc) is 2.24. The third kappa shape index (κ3) is 4.10. The standard InChI is InChI=1S/C14H21NO2/c1-10(14(2,3)4)9-15-13(17)11-6-5-7-12(16)8-11/h5-8,10,16H,9H2,1-4H3,(H,15,17). The van der Waals surface area contributed by atoms with Gasteiger partial charge in [-0.2, -0.15) is 0 Å². The van der Waals surface area contributed by atoms with Gasteiger partial charge in [0.25, 0.3) is 5.91 Å². The van der Waals surface area contributed by atoms with E-state index in [4.69, 9.17) is 0 Å². The predicted octanol–water partition coefficient (Wildman–Crippen LogP) is 2.80. The van der Waals surface area contributed by atoms with Crippen LogP contribution in [0.25, 0.3) is 0 Å². The largest absolute Gasteiger partial charge is 0.508 e. The van der Waals surface area contributed by atoms with Crippen LogP contribution in [0, 0.1) is 11.3 Å². The van der Waals surface area contributed by atoms with Gasteiger partial charge in [-0.25, -0.2) is 0 Å². The number of hydrogen-bond donors (Lipinski definition) is 2. The van der Waals surface area contributed by atoms with E-state index in [0.29, 0.717) is 18.0 Å². The molecule has 0 radical (unpaired) electrons. The predicted molar refractivity (Wildman–Crippen MR) is 69.1 cm³/mol. The first-order chi connectivity index (χ1) is 7.80. The van der Waals surface area contributed by atoms with Crippen LogP contribution >= 0.6 is 0 Å². The zero-order chi connectivity index (χ0) is 13.1. The summed E-state index contributed by atoms with van der Waals surface area (Å²) < 4.78 is 0. The minimum absolute atomic E-state index is 0.113. The van der Waals surface area contributed by atoms with E-state index in [2.05, 4.69) is 33.0 Å². The quantitative estimate of drug-likeness (QED) is 0.846. The molecule has 0 aliphatic rings. The van der Waals surface area contributed by atoms with Crippen LogP contribution in [0.1, 0.15) is 38.1 Å². The molecule has 0 heterocycles. The highest BCUT2D eigenvalue weighted by atomic mass is 16.3. The highest BCUT2D eigenvalue weighted by Crippen LogP contribution is 2.24. The maximum atomic E-state index is 11.8. The summed E-state index contributed by atoms with van der Waals surface area (Å²) in [7, 11) is 0. The molecule has 1 rings (SSSR count). The third-order valence-electron chi connectivity index (χ3n) is 3.16. The van der Waals surface area contributed by atoms with Gasteiger partial charge in [-0.3, -0.25) is 4.79 Å².